The molecule has 3 heteroatoms. The second-order valence-corrected chi connectivity index (χ2v) is 5.85. The summed E-state index contributed by atoms with van der Waals surface area (Å²) in [4.78, 5) is 1.22. The number of hydrogen-bond acceptors (Lipinski definition) is 3. The molecule has 0 aliphatic carbocycles. The summed E-state index contributed by atoms with van der Waals surface area (Å²) in [5.74, 6) is 0. The zero-order chi connectivity index (χ0) is 11.4. The molecule has 0 amide bonds. The molecule has 16 heavy (non-hydrogen) atoms. The van der Waals surface area contributed by atoms with Gasteiger partial charge in [-0.2, -0.15) is 0 Å². The van der Waals surface area contributed by atoms with Crippen molar-refractivity contribution in [2.24, 2.45) is 0 Å². The van der Waals surface area contributed by atoms with Gasteiger partial charge in [-0.3, -0.25) is 0 Å². The Kier molecular flexibility index (Phi) is 4.04. The molecule has 0 radical (unpaired) electrons. The highest BCUT2D eigenvalue weighted by molar-refractivity contribution is 8.01. The van der Waals surface area contributed by atoms with Crippen LogP contribution in [0.4, 0.5) is 0 Å². The smallest absolute Gasteiger partial charge is 0.0787 e. The van der Waals surface area contributed by atoms with E-state index in [0.29, 0.717) is 0 Å². The van der Waals surface area contributed by atoms with Gasteiger partial charge in [0.15, 0.2) is 0 Å². The number of benzene rings is 1. The van der Waals surface area contributed by atoms with Crippen LogP contribution in [0.2, 0.25) is 0 Å². The molecule has 1 aromatic carbocycles. The maximum absolute atomic E-state index is 9.67. The first-order chi connectivity index (χ1) is 7.79. The minimum atomic E-state index is -0.333. The summed E-state index contributed by atoms with van der Waals surface area (Å²) in [7, 11) is 0. The van der Waals surface area contributed by atoms with E-state index >= 15 is 0 Å². The minimum absolute atomic E-state index is 0.333. The van der Waals surface area contributed by atoms with E-state index in [9.17, 15) is 5.11 Å². The maximum atomic E-state index is 9.67. The van der Waals surface area contributed by atoms with Crippen molar-refractivity contribution in [3.8, 4) is 0 Å². The van der Waals surface area contributed by atoms with Gasteiger partial charge >= 0.3 is 0 Å². The lowest BCUT2D eigenvalue weighted by atomic mass is 10.1. The third kappa shape index (κ3) is 2.88. The normalized spacial score (nSPS) is 12.6. The van der Waals surface area contributed by atoms with Crippen LogP contribution in [0.25, 0.3) is 0 Å². The standard InChI is InChI=1S/C13H14OS2/c1-2-12(14)10-5-7-11(8-6-10)16-13-4-3-9-15-13/h3-9,12,14H,2H2,1H3/t12-/m1/s1. The molecular weight excluding hydrogens is 236 g/mol. The van der Waals surface area contributed by atoms with Gasteiger partial charge in [-0.05, 0) is 35.6 Å². The molecule has 1 N–H and O–H groups in total. The Morgan fingerprint density at radius 3 is 2.56 bits per heavy atom. The molecule has 1 aromatic heterocycles. The van der Waals surface area contributed by atoms with Crippen LogP contribution in [-0.2, 0) is 0 Å². The van der Waals surface area contributed by atoms with Crippen molar-refractivity contribution in [2.45, 2.75) is 28.6 Å². The highest BCUT2D eigenvalue weighted by Gasteiger charge is 2.04. The van der Waals surface area contributed by atoms with E-state index in [2.05, 4.69) is 29.6 Å². The second-order valence-electron chi connectivity index (χ2n) is 3.53. The van der Waals surface area contributed by atoms with Gasteiger partial charge in [0, 0.05) is 4.90 Å². The van der Waals surface area contributed by atoms with Crippen LogP contribution >= 0.6 is 23.1 Å². The monoisotopic (exact) mass is 250 g/mol. The van der Waals surface area contributed by atoms with Crippen molar-refractivity contribution < 1.29 is 5.11 Å². The Morgan fingerprint density at radius 2 is 2.00 bits per heavy atom. The maximum Gasteiger partial charge on any atom is 0.0787 e. The average Bonchev–Trinajstić information content (AvgIpc) is 2.82. The molecule has 0 aliphatic rings. The Hall–Kier alpha value is -0.770. The van der Waals surface area contributed by atoms with Crippen molar-refractivity contribution in [3.63, 3.8) is 0 Å². The Labute approximate surface area is 104 Å². The van der Waals surface area contributed by atoms with E-state index in [4.69, 9.17) is 0 Å². The van der Waals surface area contributed by atoms with Crippen molar-refractivity contribution in [1.82, 2.24) is 0 Å². The van der Waals surface area contributed by atoms with Crippen LogP contribution in [0.5, 0.6) is 0 Å². The Balaban J connectivity index is 2.07. The zero-order valence-electron chi connectivity index (χ0n) is 9.09. The first-order valence-corrected chi connectivity index (χ1v) is 6.98. The summed E-state index contributed by atoms with van der Waals surface area (Å²) in [6.45, 7) is 1.99. The molecule has 0 bridgehead atoms. The van der Waals surface area contributed by atoms with Gasteiger partial charge in [0.1, 0.15) is 0 Å². The minimum Gasteiger partial charge on any atom is -0.388 e. The molecule has 1 nitrogen and oxygen atoms in total. The van der Waals surface area contributed by atoms with Gasteiger partial charge in [-0.1, -0.05) is 36.9 Å². The van der Waals surface area contributed by atoms with Gasteiger partial charge in [0.25, 0.3) is 0 Å². The van der Waals surface area contributed by atoms with Crippen molar-refractivity contribution in [3.05, 3.63) is 47.3 Å². The number of rotatable bonds is 4. The predicted octanol–water partition coefficient (Wildman–Crippen LogP) is 4.34. The summed E-state index contributed by atoms with van der Waals surface area (Å²) < 4.78 is 1.30. The number of thiophene rings is 1. The highest BCUT2D eigenvalue weighted by Crippen LogP contribution is 2.31. The molecule has 0 spiro atoms. The van der Waals surface area contributed by atoms with E-state index in [1.54, 1.807) is 23.1 Å². The van der Waals surface area contributed by atoms with Gasteiger partial charge in [0.05, 0.1) is 10.3 Å². The van der Waals surface area contributed by atoms with Crippen LogP contribution in [0.3, 0.4) is 0 Å². The molecule has 1 heterocycles. The molecule has 0 aliphatic heterocycles. The summed E-state index contributed by atoms with van der Waals surface area (Å²) in [5, 5.41) is 11.8. The quantitative estimate of drug-likeness (QED) is 0.871. The van der Waals surface area contributed by atoms with Crippen LogP contribution in [0, 0.1) is 0 Å². The summed E-state index contributed by atoms with van der Waals surface area (Å²) >= 11 is 3.51. The van der Waals surface area contributed by atoms with E-state index in [-0.39, 0.29) is 6.10 Å². The fraction of sp³-hybridized carbons (Fsp3) is 0.231. The average molecular weight is 250 g/mol. The summed E-state index contributed by atoms with van der Waals surface area (Å²) in [5.41, 5.74) is 0.998. The molecule has 84 valence electrons. The summed E-state index contributed by atoms with van der Waals surface area (Å²) in [6, 6.07) is 12.3. The van der Waals surface area contributed by atoms with Crippen molar-refractivity contribution in [1.29, 1.82) is 0 Å². The van der Waals surface area contributed by atoms with E-state index in [1.165, 1.54) is 9.10 Å². The third-order valence-electron chi connectivity index (χ3n) is 2.37. The largest absolute Gasteiger partial charge is 0.388 e. The van der Waals surface area contributed by atoms with Gasteiger partial charge in [-0.25, -0.2) is 0 Å². The molecule has 2 rings (SSSR count). The van der Waals surface area contributed by atoms with Gasteiger partial charge in [0.2, 0.25) is 0 Å². The molecule has 2 aromatic rings. The summed E-state index contributed by atoms with van der Waals surface area (Å²) in [6.07, 6.45) is 0.429. The van der Waals surface area contributed by atoms with Crippen LogP contribution in [0.1, 0.15) is 25.0 Å². The van der Waals surface area contributed by atoms with Crippen LogP contribution in [0.15, 0.2) is 50.9 Å². The first-order valence-electron chi connectivity index (χ1n) is 5.29. The third-order valence-corrected chi connectivity index (χ3v) is 4.41. The van der Waals surface area contributed by atoms with E-state index < -0.39 is 0 Å². The number of hydrogen-bond donors (Lipinski definition) is 1. The topological polar surface area (TPSA) is 20.2 Å². The van der Waals surface area contributed by atoms with E-state index in [0.717, 1.165) is 12.0 Å². The molecular formula is C13H14OS2. The van der Waals surface area contributed by atoms with Gasteiger partial charge < -0.3 is 5.11 Å². The van der Waals surface area contributed by atoms with E-state index in [1.807, 2.05) is 19.1 Å². The SMILES string of the molecule is CC[C@@H](O)c1ccc(Sc2cccs2)cc1. The second kappa shape index (κ2) is 5.53. The Morgan fingerprint density at radius 1 is 1.25 bits per heavy atom. The van der Waals surface area contributed by atoms with Crippen molar-refractivity contribution >= 4 is 23.1 Å². The zero-order valence-corrected chi connectivity index (χ0v) is 10.7. The predicted molar refractivity (Wildman–Crippen MR) is 70.1 cm³/mol. The first kappa shape index (κ1) is 11.7. The highest BCUT2D eigenvalue weighted by atomic mass is 32.2. The molecule has 0 fully saturated rings. The lowest BCUT2D eigenvalue weighted by molar-refractivity contribution is 0.173. The fourth-order valence-corrected chi connectivity index (χ4v) is 3.18. The number of aliphatic hydroxyl groups excluding tert-OH is 1. The van der Waals surface area contributed by atoms with Crippen molar-refractivity contribution in [2.75, 3.05) is 0 Å². The lowest BCUT2D eigenvalue weighted by Crippen LogP contribution is -1.93. The van der Waals surface area contributed by atoms with Gasteiger partial charge in [-0.15, -0.1) is 11.3 Å². The van der Waals surface area contributed by atoms with Crippen LogP contribution < -0.4 is 0 Å². The molecule has 1 atom stereocenters. The molecule has 0 saturated carbocycles. The fourth-order valence-electron chi connectivity index (χ4n) is 1.43. The molecule has 0 saturated heterocycles. The Bertz CT molecular complexity index is 420. The molecule has 0 unspecified atom stereocenters. The van der Waals surface area contributed by atoms with Crippen LogP contribution in [-0.4, -0.2) is 5.11 Å². The lowest BCUT2D eigenvalue weighted by Gasteiger charge is -2.08. The number of aliphatic hydroxyl groups is 1.